The van der Waals surface area contributed by atoms with Crippen molar-refractivity contribution in [2.24, 2.45) is 0 Å². The molecule has 0 radical (unpaired) electrons. The van der Waals surface area contributed by atoms with Gasteiger partial charge >= 0.3 is 7.12 Å². The maximum Gasteiger partial charge on any atom is 0.488 e. The molecule has 4 aromatic carbocycles. The predicted molar refractivity (Wildman–Crippen MR) is 259 cm³/mol. The molecule has 8 aromatic rings. The number of aryl methyl sites for hydroxylation is 8. The Kier molecular flexibility index (Phi) is 18.7. The lowest BCUT2D eigenvalue weighted by Gasteiger charge is -2.06. The van der Waals surface area contributed by atoms with Gasteiger partial charge in [0.2, 0.25) is 6.20 Å². The molecule has 0 aliphatic heterocycles. The molecule has 8 nitrogen and oxygen atoms in total. The van der Waals surface area contributed by atoms with Crippen LogP contribution in [0.1, 0.15) is 44.5 Å². The topological polar surface area (TPSA) is 129 Å². The number of halogens is 1. The van der Waals surface area contributed by atoms with Gasteiger partial charge in [-0.1, -0.05) is 113 Å². The van der Waals surface area contributed by atoms with Crippen molar-refractivity contribution in [3.63, 3.8) is 0 Å². The van der Waals surface area contributed by atoms with Crippen LogP contribution in [0.3, 0.4) is 0 Å². The molecule has 0 amide bonds. The summed E-state index contributed by atoms with van der Waals surface area (Å²) in [5.74, 6) is 0.567. The smallest absolute Gasteiger partial charge is 0.423 e. The molecule has 4 heterocycles. The van der Waals surface area contributed by atoms with Gasteiger partial charge in [0.1, 0.15) is 10.4 Å². The van der Waals surface area contributed by atoms with E-state index in [0.717, 1.165) is 49.5 Å². The van der Waals surface area contributed by atoms with Crippen LogP contribution < -0.4 is 15.9 Å². The lowest BCUT2D eigenvalue weighted by atomic mass is 9.80. The van der Waals surface area contributed by atoms with Crippen LogP contribution in [0.5, 0.6) is 0 Å². The highest BCUT2D eigenvalue weighted by molar-refractivity contribution is 9.10. The fraction of sp³-hybridized carbons (Fsp3) is 0.154. The molecule has 0 unspecified atom stereocenters. The number of benzene rings is 4. The molecule has 0 atom stereocenters. The first-order chi connectivity index (χ1) is 29.6. The normalized spacial score (nSPS) is 9.98. The Bertz CT molecular complexity index is 2630. The molecule has 4 aromatic heterocycles. The van der Waals surface area contributed by atoms with Crippen LogP contribution in [-0.2, 0) is 0 Å². The van der Waals surface area contributed by atoms with Gasteiger partial charge < -0.3 is 15.8 Å². The number of nitrogens with zero attached hydrogens (tertiary/aromatic N) is 4. The minimum Gasteiger partial charge on any atom is -0.423 e. The summed E-state index contributed by atoms with van der Waals surface area (Å²) >= 11 is 3.28. The zero-order valence-corrected chi connectivity index (χ0v) is 38.3. The molecule has 62 heavy (non-hydrogen) atoms. The second-order valence-corrected chi connectivity index (χ2v) is 15.7. The Hall–Kier alpha value is -6.46. The summed E-state index contributed by atoms with van der Waals surface area (Å²) in [7, 11) is -1.35. The Balaban J connectivity index is 0.000000173. The minimum absolute atomic E-state index is 0.542. The molecule has 0 saturated heterocycles. The molecule has 0 aliphatic carbocycles. The SMILES string of the molecule is Cc1cccc(-c2c(C)ccc[n+]2O)c1.Cc1cccc(-c2nc(N)ccc2C)c1.Cc1cccc(-c2ncccc2C)c1.Cc1cccc(B(O)O)c1.Cc1cccnc1Br. The number of hydrogen-bond acceptors (Lipinski definition) is 7. The molecule has 0 aliphatic rings. The molecule has 0 bridgehead atoms. The number of hydrogen-bond donors (Lipinski definition) is 4. The summed E-state index contributed by atoms with van der Waals surface area (Å²) in [5.41, 5.74) is 21.8. The van der Waals surface area contributed by atoms with E-state index >= 15 is 0 Å². The van der Waals surface area contributed by atoms with Gasteiger partial charge in [0.25, 0.3) is 5.69 Å². The van der Waals surface area contributed by atoms with E-state index in [4.69, 9.17) is 15.8 Å². The van der Waals surface area contributed by atoms with Crippen LogP contribution in [-0.4, -0.2) is 37.3 Å². The first-order valence-corrected chi connectivity index (χ1v) is 21.0. The van der Waals surface area contributed by atoms with E-state index in [1.54, 1.807) is 30.6 Å². The molecule has 0 fully saturated rings. The molecule has 8 rings (SSSR count). The quantitative estimate of drug-likeness (QED) is 0.0599. The van der Waals surface area contributed by atoms with E-state index < -0.39 is 7.12 Å². The summed E-state index contributed by atoms with van der Waals surface area (Å²) in [6.45, 7) is 16.3. The molecule has 0 spiro atoms. The van der Waals surface area contributed by atoms with Gasteiger partial charge in [-0.15, -0.1) is 0 Å². The summed E-state index contributed by atoms with van der Waals surface area (Å²) in [4.78, 5) is 12.7. The van der Waals surface area contributed by atoms with Gasteiger partial charge in [0, 0.05) is 39.9 Å². The third-order valence-electron chi connectivity index (χ3n) is 9.46. The third-order valence-corrected chi connectivity index (χ3v) is 10.3. The van der Waals surface area contributed by atoms with Crippen LogP contribution in [0, 0.1) is 55.4 Å². The standard InChI is InChI=1S/C13H14N2.C13H14NO.C13H13N.C7H9BO2.C6H6BrN/c1-9-4-3-5-11(8-9)13-10(2)6-7-12(14)15-13;1-10-5-3-7-12(9-10)13-11(2)6-4-8-14(13)15;1-10-5-3-7-12(9-10)13-11(2)6-4-8-14-13;1-6-3-2-4-7(5-6)8(9)10;1-5-3-2-4-8-6(5)7/h3-8H,1-2H3,(H2,14,15);3-9,15H,1-2H3;3-9H,1-2H3;2-5,9-10H,1H3;2-4H,1H3/q;+1;;;. The highest BCUT2D eigenvalue weighted by Crippen LogP contribution is 2.24. The molecular formula is C52H56BBrN5O3+. The van der Waals surface area contributed by atoms with E-state index in [1.165, 1.54) is 38.1 Å². The Labute approximate surface area is 375 Å². The van der Waals surface area contributed by atoms with Gasteiger partial charge in [0.15, 0.2) is 0 Å². The van der Waals surface area contributed by atoms with Crippen LogP contribution in [0.15, 0.2) is 169 Å². The fourth-order valence-corrected chi connectivity index (χ4v) is 6.51. The van der Waals surface area contributed by atoms with Crippen molar-refractivity contribution in [3.05, 3.63) is 213 Å². The summed E-state index contributed by atoms with van der Waals surface area (Å²) in [6.07, 6.45) is 5.24. The van der Waals surface area contributed by atoms with Crippen LogP contribution in [0.2, 0.25) is 0 Å². The van der Waals surface area contributed by atoms with Crippen molar-refractivity contribution < 1.29 is 20.0 Å². The zero-order chi connectivity index (χ0) is 45.2. The van der Waals surface area contributed by atoms with E-state index in [1.807, 2.05) is 114 Å². The van der Waals surface area contributed by atoms with E-state index in [0.29, 0.717) is 11.3 Å². The van der Waals surface area contributed by atoms with Crippen LogP contribution >= 0.6 is 15.9 Å². The maximum absolute atomic E-state index is 9.75. The minimum atomic E-state index is -1.35. The van der Waals surface area contributed by atoms with E-state index in [2.05, 4.69) is 106 Å². The first-order valence-electron chi connectivity index (χ1n) is 20.2. The van der Waals surface area contributed by atoms with Crippen molar-refractivity contribution in [1.82, 2.24) is 15.0 Å². The molecule has 0 saturated carbocycles. The van der Waals surface area contributed by atoms with Crippen molar-refractivity contribution in [1.29, 1.82) is 0 Å². The number of nitrogen functional groups attached to an aromatic ring is 1. The van der Waals surface area contributed by atoms with Gasteiger partial charge in [-0.05, 0) is 142 Å². The Morgan fingerprint density at radius 3 is 1.47 bits per heavy atom. The molecular weight excluding hydrogens is 833 g/mol. The van der Waals surface area contributed by atoms with Gasteiger partial charge in [0.05, 0.1) is 17.0 Å². The van der Waals surface area contributed by atoms with Crippen molar-refractivity contribution in [2.45, 2.75) is 55.4 Å². The summed E-state index contributed by atoms with van der Waals surface area (Å²) in [5, 5.41) is 27.2. The lowest BCUT2D eigenvalue weighted by molar-refractivity contribution is -0.896. The van der Waals surface area contributed by atoms with Gasteiger partial charge in [-0.2, -0.15) is 0 Å². The highest BCUT2D eigenvalue weighted by atomic mass is 79.9. The monoisotopic (exact) mass is 888 g/mol. The Morgan fingerprint density at radius 1 is 0.500 bits per heavy atom. The summed E-state index contributed by atoms with van der Waals surface area (Å²) in [6, 6.07) is 47.6. The second-order valence-electron chi connectivity index (χ2n) is 15.0. The number of rotatable bonds is 4. The van der Waals surface area contributed by atoms with Crippen molar-refractivity contribution in [2.75, 3.05) is 5.73 Å². The van der Waals surface area contributed by atoms with Crippen molar-refractivity contribution in [3.8, 4) is 33.8 Å². The maximum atomic E-state index is 9.75. The van der Waals surface area contributed by atoms with Gasteiger partial charge in [-0.25, -0.2) is 9.97 Å². The first kappa shape index (κ1) is 48.2. The highest BCUT2D eigenvalue weighted by Gasteiger charge is 2.15. The average Bonchev–Trinajstić information content (AvgIpc) is 3.24. The van der Waals surface area contributed by atoms with Crippen LogP contribution in [0.25, 0.3) is 33.8 Å². The van der Waals surface area contributed by atoms with Crippen LogP contribution in [0.4, 0.5) is 5.82 Å². The van der Waals surface area contributed by atoms with E-state index in [-0.39, 0.29) is 0 Å². The largest absolute Gasteiger partial charge is 0.488 e. The second kappa shape index (κ2) is 24.1. The average molecular weight is 890 g/mol. The number of anilines is 1. The number of aromatic nitrogens is 4. The van der Waals surface area contributed by atoms with Crippen molar-refractivity contribution >= 4 is 34.3 Å². The predicted octanol–water partition coefficient (Wildman–Crippen LogP) is 10.6. The third kappa shape index (κ3) is 15.2. The molecule has 316 valence electrons. The molecule has 10 heteroatoms. The summed E-state index contributed by atoms with van der Waals surface area (Å²) < 4.78 is 2.10. The van der Waals surface area contributed by atoms with E-state index in [9.17, 15) is 5.21 Å². The number of pyridine rings is 4. The zero-order valence-electron chi connectivity index (χ0n) is 36.8. The molecule has 5 N–H and O–H groups in total. The number of nitrogens with two attached hydrogens (primary N) is 1. The lowest BCUT2D eigenvalue weighted by Crippen LogP contribution is -2.32. The fourth-order valence-electron chi connectivity index (χ4n) is 6.26. The van der Waals surface area contributed by atoms with Gasteiger partial charge in [-0.3, -0.25) is 10.2 Å². The Morgan fingerprint density at radius 2 is 0.984 bits per heavy atom.